The maximum Gasteiger partial charge on any atom is 0.105 e. The van der Waals surface area contributed by atoms with Crippen LogP contribution in [0.2, 0.25) is 0 Å². The van der Waals surface area contributed by atoms with E-state index < -0.39 is 12.2 Å². The van der Waals surface area contributed by atoms with E-state index in [9.17, 15) is 10.2 Å². The van der Waals surface area contributed by atoms with Crippen molar-refractivity contribution < 1.29 is 14.9 Å². The van der Waals surface area contributed by atoms with Gasteiger partial charge in [0.2, 0.25) is 0 Å². The second kappa shape index (κ2) is 7.12. The third kappa shape index (κ3) is 3.61. The number of hydrogen-bond donors (Lipinski definition) is 2. The molecule has 1 aliphatic rings. The largest absolute Gasteiger partial charge is 0.390 e. The van der Waals surface area contributed by atoms with E-state index in [4.69, 9.17) is 10.3 Å². The first-order valence-electron chi connectivity index (χ1n) is 6.52. The zero-order chi connectivity index (χ0) is 14.4. The van der Waals surface area contributed by atoms with Crippen LogP contribution in [0, 0.1) is 0 Å². The number of rotatable bonds is 5. The summed E-state index contributed by atoms with van der Waals surface area (Å²) in [5.74, 6) is 0. The van der Waals surface area contributed by atoms with Crippen molar-refractivity contribution in [1.82, 2.24) is 0 Å². The van der Waals surface area contributed by atoms with Crippen LogP contribution in [0.4, 0.5) is 5.69 Å². The van der Waals surface area contributed by atoms with Gasteiger partial charge < -0.3 is 19.8 Å². The highest BCUT2D eigenvalue weighted by molar-refractivity contribution is 5.48. The minimum absolute atomic E-state index is 0.150. The lowest BCUT2D eigenvalue weighted by Gasteiger charge is -2.29. The number of benzene rings is 1. The van der Waals surface area contributed by atoms with Crippen molar-refractivity contribution in [2.75, 3.05) is 37.7 Å². The van der Waals surface area contributed by atoms with E-state index in [1.165, 1.54) is 0 Å². The minimum atomic E-state index is -1.10. The molecule has 2 atom stereocenters. The van der Waals surface area contributed by atoms with Crippen LogP contribution in [0.1, 0.15) is 11.7 Å². The van der Waals surface area contributed by atoms with Gasteiger partial charge in [0.15, 0.2) is 0 Å². The van der Waals surface area contributed by atoms with Crippen LogP contribution in [-0.4, -0.2) is 49.2 Å². The lowest BCUT2D eigenvalue weighted by molar-refractivity contribution is 0.0244. The number of aliphatic hydroxyl groups is 2. The second-order valence-corrected chi connectivity index (χ2v) is 4.62. The first-order valence-corrected chi connectivity index (χ1v) is 6.52. The number of anilines is 1. The van der Waals surface area contributed by atoms with E-state index in [-0.39, 0.29) is 6.54 Å². The molecular formula is C13H18N4O3. The number of ether oxygens (including phenoxy) is 1. The Morgan fingerprint density at radius 2 is 1.90 bits per heavy atom. The fraction of sp³-hybridized carbons (Fsp3) is 0.538. The summed E-state index contributed by atoms with van der Waals surface area (Å²) >= 11 is 0. The van der Waals surface area contributed by atoms with Gasteiger partial charge in [-0.3, -0.25) is 0 Å². The number of nitrogens with zero attached hydrogens (tertiary/aromatic N) is 4. The van der Waals surface area contributed by atoms with Gasteiger partial charge in [-0.2, -0.15) is 0 Å². The fourth-order valence-electron chi connectivity index (χ4n) is 2.15. The second-order valence-electron chi connectivity index (χ2n) is 4.62. The minimum Gasteiger partial charge on any atom is -0.390 e. The van der Waals surface area contributed by atoms with Gasteiger partial charge in [0.1, 0.15) is 6.10 Å². The molecule has 1 saturated heterocycles. The first kappa shape index (κ1) is 14.6. The van der Waals surface area contributed by atoms with Gasteiger partial charge in [0.25, 0.3) is 0 Å². The van der Waals surface area contributed by atoms with Crippen LogP contribution in [0.3, 0.4) is 0 Å². The van der Waals surface area contributed by atoms with Crippen LogP contribution >= 0.6 is 0 Å². The fourth-order valence-corrected chi connectivity index (χ4v) is 2.15. The molecule has 0 saturated carbocycles. The van der Waals surface area contributed by atoms with Crippen molar-refractivity contribution in [3.8, 4) is 0 Å². The van der Waals surface area contributed by atoms with E-state index >= 15 is 0 Å². The van der Waals surface area contributed by atoms with Crippen molar-refractivity contribution in [3.05, 3.63) is 40.3 Å². The number of morpholine rings is 1. The van der Waals surface area contributed by atoms with Gasteiger partial charge in [0, 0.05) is 23.7 Å². The lowest BCUT2D eigenvalue weighted by Crippen LogP contribution is -2.36. The molecule has 2 N–H and O–H groups in total. The summed E-state index contributed by atoms with van der Waals surface area (Å²) in [4.78, 5) is 4.77. The molecule has 0 bridgehead atoms. The van der Waals surface area contributed by atoms with Crippen molar-refractivity contribution in [2.24, 2.45) is 5.11 Å². The van der Waals surface area contributed by atoms with E-state index in [0.29, 0.717) is 5.56 Å². The highest BCUT2D eigenvalue weighted by Gasteiger charge is 2.18. The van der Waals surface area contributed by atoms with Crippen LogP contribution in [0.25, 0.3) is 10.4 Å². The molecular weight excluding hydrogens is 260 g/mol. The summed E-state index contributed by atoms with van der Waals surface area (Å²) in [6, 6.07) is 7.36. The van der Waals surface area contributed by atoms with Crippen molar-refractivity contribution in [2.45, 2.75) is 12.2 Å². The zero-order valence-corrected chi connectivity index (χ0v) is 11.1. The molecule has 0 amide bonds. The van der Waals surface area contributed by atoms with Crippen LogP contribution in [0.15, 0.2) is 29.4 Å². The normalized spacial score (nSPS) is 18.2. The molecule has 7 heteroatoms. The highest BCUT2D eigenvalue weighted by Crippen LogP contribution is 2.22. The van der Waals surface area contributed by atoms with Crippen molar-refractivity contribution >= 4 is 5.69 Å². The summed E-state index contributed by atoms with van der Waals surface area (Å²) in [6.07, 6.45) is -2.15. The van der Waals surface area contributed by atoms with Crippen LogP contribution < -0.4 is 4.90 Å². The molecule has 2 rings (SSSR count). The molecule has 1 aromatic carbocycles. The molecule has 0 radical (unpaired) electrons. The quantitative estimate of drug-likeness (QED) is 0.480. The van der Waals surface area contributed by atoms with E-state index in [0.717, 1.165) is 32.0 Å². The molecule has 1 heterocycles. The molecule has 7 nitrogen and oxygen atoms in total. The van der Waals surface area contributed by atoms with Gasteiger partial charge in [-0.15, -0.1) is 0 Å². The van der Waals surface area contributed by atoms with Gasteiger partial charge >= 0.3 is 0 Å². The first-order chi connectivity index (χ1) is 9.72. The molecule has 1 fully saturated rings. The van der Waals surface area contributed by atoms with E-state index in [2.05, 4.69) is 14.9 Å². The summed E-state index contributed by atoms with van der Waals surface area (Å²) < 4.78 is 5.30. The summed E-state index contributed by atoms with van der Waals surface area (Å²) in [5, 5.41) is 22.9. The van der Waals surface area contributed by atoms with E-state index in [1.54, 1.807) is 12.1 Å². The molecule has 1 aromatic rings. The Hall–Kier alpha value is -1.79. The lowest BCUT2D eigenvalue weighted by atomic mass is 10.0. The summed E-state index contributed by atoms with van der Waals surface area (Å²) in [6.45, 7) is 2.98. The molecule has 0 spiro atoms. The Bertz CT molecular complexity index is 467. The smallest absolute Gasteiger partial charge is 0.105 e. The summed E-state index contributed by atoms with van der Waals surface area (Å²) in [7, 11) is 0. The third-order valence-corrected chi connectivity index (χ3v) is 3.31. The van der Waals surface area contributed by atoms with Crippen LogP contribution in [0.5, 0.6) is 0 Å². The van der Waals surface area contributed by atoms with E-state index in [1.807, 2.05) is 12.1 Å². The van der Waals surface area contributed by atoms with Gasteiger partial charge in [-0.25, -0.2) is 0 Å². The monoisotopic (exact) mass is 278 g/mol. The van der Waals surface area contributed by atoms with Crippen LogP contribution in [-0.2, 0) is 4.74 Å². The number of hydrogen-bond acceptors (Lipinski definition) is 5. The molecule has 1 aliphatic heterocycles. The Morgan fingerprint density at radius 1 is 1.25 bits per heavy atom. The third-order valence-electron chi connectivity index (χ3n) is 3.31. The topological polar surface area (TPSA) is 102 Å². The predicted molar refractivity (Wildman–Crippen MR) is 74.5 cm³/mol. The summed E-state index contributed by atoms with van der Waals surface area (Å²) in [5.41, 5.74) is 9.86. The number of aliphatic hydroxyl groups excluding tert-OH is 2. The maximum absolute atomic E-state index is 9.95. The molecule has 0 aromatic heterocycles. The number of azide groups is 1. The molecule has 108 valence electrons. The molecule has 0 aliphatic carbocycles. The SMILES string of the molecule is [N-]=[N+]=NCC(O)C(O)c1ccc(N2CCOCC2)cc1. The van der Waals surface area contributed by atoms with Gasteiger partial charge in [-0.1, -0.05) is 17.2 Å². The molecule has 20 heavy (non-hydrogen) atoms. The predicted octanol–water partition coefficient (Wildman–Crippen LogP) is 1.23. The highest BCUT2D eigenvalue weighted by atomic mass is 16.5. The average Bonchev–Trinajstić information content (AvgIpc) is 2.53. The Balaban J connectivity index is 2.01. The van der Waals surface area contributed by atoms with Gasteiger partial charge in [-0.05, 0) is 23.2 Å². The maximum atomic E-state index is 9.95. The average molecular weight is 278 g/mol. The van der Waals surface area contributed by atoms with Crippen molar-refractivity contribution in [3.63, 3.8) is 0 Å². The molecule has 2 unspecified atom stereocenters. The Labute approximate surface area is 117 Å². The Morgan fingerprint density at radius 3 is 2.50 bits per heavy atom. The zero-order valence-electron chi connectivity index (χ0n) is 11.1. The standard InChI is InChI=1S/C13H18N4O3/c14-16-15-9-12(18)13(19)10-1-3-11(4-2-10)17-5-7-20-8-6-17/h1-4,12-13,18-19H,5-9H2. The Kier molecular flexibility index (Phi) is 5.20. The van der Waals surface area contributed by atoms with Gasteiger partial charge in [0.05, 0.1) is 25.9 Å². The van der Waals surface area contributed by atoms with Crippen molar-refractivity contribution in [1.29, 1.82) is 0 Å².